The summed E-state index contributed by atoms with van der Waals surface area (Å²) in [6, 6.07) is 7.76. The molecular formula is C10H11BrN2. The van der Waals surface area contributed by atoms with E-state index in [9.17, 15) is 0 Å². The second kappa shape index (κ2) is 4.40. The fraction of sp³-hybridized carbons (Fsp3) is 0.300. The third-order valence-corrected chi connectivity index (χ3v) is 2.88. The minimum Gasteiger partial charge on any atom is -0.323 e. The summed E-state index contributed by atoms with van der Waals surface area (Å²) in [6.45, 7) is 2.00. The summed E-state index contributed by atoms with van der Waals surface area (Å²) < 4.78 is 1.04. The molecule has 1 aromatic rings. The van der Waals surface area contributed by atoms with Crippen LogP contribution in [0.3, 0.4) is 0 Å². The molecule has 2 N–H and O–H groups in total. The van der Waals surface area contributed by atoms with Gasteiger partial charge in [0.1, 0.15) is 0 Å². The molecule has 0 spiro atoms. The summed E-state index contributed by atoms with van der Waals surface area (Å²) in [7, 11) is 0. The standard InChI is InChI=1S/C10H11BrN2/c1-7-8(10(13)5-6-12)3-2-4-9(7)11/h2-4,10H,5,13H2,1H3. The van der Waals surface area contributed by atoms with Crippen molar-refractivity contribution in [3.63, 3.8) is 0 Å². The van der Waals surface area contributed by atoms with Gasteiger partial charge in [-0.1, -0.05) is 28.1 Å². The van der Waals surface area contributed by atoms with Crippen molar-refractivity contribution >= 4 is 15.9 Å². The quantitative estimate of drug-likeness (QED) is 0.862. The number of nitrogens with zero attached hydrogens (tertiary/aromatic N) is 1. The van der Waals surface area contributed by atoms with E-state index >= 15 is 0 Å². The maximum atomic E-state index is 8.52. The largest absolute Gasteiger partial charge is 0.323 e. The molecule has 0 aromatic heterocycles. The van der Waals surface area contributed by atoms with Gasteiger partial charge in [-0.3, -0.25) is 0 Å². The molecular weight excluding hydrogens is 228 g/mol. The summed E-state index contributed by atoms with van der Waals surface area (Å²) in [5.74, 6) is 0. The predicted octanol–water partition coefficient (Wildman–Crippen LogP) is 2.67. The van der Waals surface area contributed by atoms with Crippen molar-refractivity contribution in [3.05, 3.63) is 33.8 Å². The van der Waals surface area contributed by atoms with E-state index in [0.717, 1.165) is 15.6 Å². The molecule has 0 fully saturated rings. The van der Waals surface area contributed by atoms with Crippen molar-refractivity contribution in [1.82, 2.24) is 0 Å². The van der Waals surface area contributed by atoms with E-state index in [0.29, 0.717) is 6.42 Å². The van der Waals surface area contributed by atoms with Crippen LogP contribution >= 0.6 is 15.9 Å². The third kappa shape index (κ3) is 2.30. The van der Waals surface area contributed by atoms with Crippen LogP contribution in [0.25, 0.3) is 0 Å². The highest BCUT2D eigenvalue weighted by Crippen LogP contribution is 2.24. The summed E-state index contributed by atoms with van der Waals surface area (Å²) in [5, 5.41) is 8.52. The normalized spacial score (nSPS) is 12.2. The Labute approximate surface area is 86.5 Å². The van der Waals surface area contributed by atoms with Gasteiger partial charge in [-0.15, -0.1) is 0 Å². The van der Waals surface area contributed by atoms with E-state index < -0.39 is 0 Å². The zero-order valence-electron chi connectivity index (χ0n) is 7.42. The van der Waals surface area contributed by atoms with E-state index in [1.54, 1.807) is 0 Å². The van der Waals surface area contributed by atoms with Gasteiger partial charge >= 0.3 is 0 Å². The molecule has 0 aliphatic heterocycles. The Morgan fingerprint density at radius 1 is 1.62 bits per heavy atom. The summed E-state index contributed by atoms with van der Waals surface area (Å²) in [5.41, 5.74) is 7.99. The first-order valence-electron chi connectivity index (χ1n) is 4.04. The average molecular weight is 239 g/mol. The second-order valence-corrected chi connectivity index (χ2v) is 3.78. The SMILES string of the molecule is Cc1c(Br)cccc1C(N)CC#N. The van der Waals surface area contributed by atoms with E-state index in [2.05, 4.69) is 22.0 Å². The fourth-order valence-electron chi connectivity index (χ4n) is 1.23. The van der Waals surface area contributed by atoms with Gasteiger partial charge in [0, 0.05) is 10.5 Å². The lowest BCUT2D eigenvalue weighted by molar-refractivity contribution is 0.742. The number of nitriles is 1. The molecule has 0 radical (unpaired) electrons. The van der Waals surface area contributed by atoms with Crippen LogP contribution in [0.15, 0.2) is 22.7 Å². The highest BCUT2D eigenvalue weighted by molar-refractivity contribution is 9.10. The predicted molar refractivity (Wildman–Crippen MR) is 56.0 cm³/mol. The maximum absolute atomic E-state index is 8.52. The van der Waals surface area contributed by atoms with E-state index in [-0.39, 0.29) is 6.04 Å². The lowest BCUT2D eigenvalue weighted by Gasteiger charge is -2.12. The molecule has 1 rings (SSSR count). The molecule has 0 aliphatic carbocycles. The van der Waals surface area contributed by atoms with Gasteiger partial charge in [0.25, 0.3) is 0 Å². The van der Waals surface area contributed by atoms with Crippen LogP contribution < -0.4 is 5.73 Å². The van der Waals surface area contributed by atoms with Crippen LogP contribution in [0.1, 0.15) is 23.6 Å². The van der Waals surface area contributed by atoms with Gasteiger partial charge in [0.2, 0.25) is 0 Å². The summed E-state index contributed by atoms with van der Waals surface area (Å²) >= 11 is 3.43. The number of hydrogen-bond acceptors (Lipinski definition) is 2. The molecule has 1 atom stereocenters. The van der Waals surface area contributed by atoms with Gasteiger partial charge < -0.3 is 5.73 Å². The fourth-order valence-corrected chi connectivity index (χ4v) is 1.62. The average Bonchev–Trinajstić information content (AvgIpc) is 2.10. The van der Waals surface area contributed by atoms with Crippen molar-refractivity contribution in [1.29, 1.82) is 5.26 Å². The lowest BCUT2D eigenvalue weighted by atomic mass is 10.0. The van der Waals surface area contributed by atoms with Crippen LogP contribution in [0, 0.1) is 18.3 Å². The highest BCUT2D eigenvalue weighted by Gasteiger charge is 2.09. The zero-order chi connectivity index (χ0) is 9.84. The molecule has 0 saturated heterocycles. The molecule has 0 saturated carbocycles. The van der Waals surface area contributed by atoms with Crippen LogP contribution in [0.5, 0.6) is 0 Å². The molecule has 1 aromatic carbocycles. The number of halogens is 1. The van der Waals surface area contributed by atoms with Crippen LogP contribution in [-0.2, 0) is 0 Å². The number of benzene rings is 1. The van der Waals surface area contributed by atoms with E-state index in [1.165, 1.54) is 0 Å². The lowest BCUT2D eigenvalue weighted by Crippen LogP contribution is -2.10. The Kier molecular flexibility index (Phi) is 3.47. The van der Waals surface area contributed by atoms with E-state index in [4.69, 9.17) is 11.0 Å². The van der Waals surface area contributed by atoms with Crippen molar-refractivity contribution in [2.45, 2.75) is 19.4 Å². The Balaban J connectivity index is 3.02. The number of hydrogen-bond donors (Lipinski definition) is 1. The topological polar surface area (TPSA) is 49.8 Å². The minimum absolute atomic E-state index is 0.178. The molecule has 0 bridgehead atoms. The van der Waals surface area contributed by atoms with Crippen molar-refractivity contribution in [3.8, 4) is 6.07 Å². The molecule has 0 amide bonds. The van der Waals surface area contributed by atoms with Crippen molar-refractivity contribution in [2.75, 3.05) is 0 Å². The molecule has 13 heavy (non-hydrogen) atoms. The zero-order valence-corrected chi connectivity index (χ0v) is 9.01. The van der Waals surface area contributed by atoms with Gasteiger partial charge in [0.05, 0.1) is 12.5 Å². The summed E-state index contributed by atoms with van der Waals surface area (Å²) in [4.78, 5) is 0. The molecule has 0 aliphatic rings. The van der Waals surface area contributed by atoms with Gasteiger partial charge in [-0.25, -0.2) is 0 Å². The molecule has 68 valence electrons. The number of nitrogens with two attached hydrogens (primary N) is 1. The summed E-state index contributed by atoms with van der Waals surface area (Å²) in [6.07, 6.45) is 0.358. The Hall–Kier alpha value is -0.850. The van der Waals surface area contributed by atoms with Crippen molar-refractivity contribution in [2.24, 2.45) is 5.73 Å². The highest BCUT2D eigenvalue weighted by atomic mass is 79.9. The van der Waals surface area contributed by atoms with Gasteiger partial charge in [-0.05, 0) is 24.1 Å². The molecule has 0 heterocycles. The minimum atomic E-state index is -0.178. The van der Waals surface area contributed by atoms with Gasteiger partial charge in [0.15, 0.2) is 0 Å². The first-order chi connectivity index (χ1) is 6.16. The smallest absolute Gasteiger partial charge is 0.0641 e. The number of rotatable bonds is 2. The van der Waals surface area contributed by atoms with Gasteiger partial charge in [-0.2, -0.15) is 5.26 Å². The Bertz CT molecular complexity index is 341. The Morgan fingerprint density at radius 3 is 2.92 bits per heavy atom. The molecule has 3 heteroatoms. The van der Waals surface area contributed by atoms with E-state index in [1.807, 2.05) is 25.1 Å². The van der Waals surface area contributed by atoms with Crippen molar-refractivity contribution < 1.29 is 0 Å². The first kappa shape index (κ1) is 10.2. The second-order valence-electron chi connectivity index (χ2n) is 2.92. The Morgan fingerprint density at radius 2 is 2.31 bits per heavy atom. The first-order valence-corrected chi connectivity index (χ1v) is 4.83. The van der Waals surface area contributed by atoms with Crippen LogP contribution in [0.4, 0.5) is 0 Å². The maximum Gasteiger partial charge on any atom is 0.0641 e. The van der Waals surface area contributed by atoms with Crippen LogP contribution in [-0.4, -0.2) is 0 Å². The monoisotopic (exact) mass is 238 g/mol. The third-order valence-electron chi connectivity index (χ3n) is 2.02. The molecule has 1 unspecified atom stereocenters. The van der Waals surface area contributed by atoms with Crippen LogP contribution in [0.2, 0.25) is 0 Å². The molecule has 2 nitrogen and oxygen atoms in total.